The van der Waals surface area contributed by atoms with Gasteiger partial charge in [0, 0.05) is 26.3 Å². The Balaban J connectivity index is 1.75. The van der Waals surface area contributed by atoms with E-state index < -0.39 is 0 Å². The van der Waals surface area contributed by atoms with E-state index in [0.29, 0.717) is 24.5 Å². The fourth-order valence-electron chi connectivity index (χ4n) is 2.72. The lowest BCUT2D eigenvalue weighted by Crippen LogP contribution is -2.26. The van der Waals surface area contributed by atoms with Crippen molar-refractivity contribution in [3.63, 3.8) is 0 Å². The first-order valence-corrected chi connectivity index (χ1v) is 8.77. The normalized spacial score (nSPS) is 10.3. The van der Waals surface area contributed by atoms with Crippen LogP contribution in [0.15, 0.2) is 42.5 Å². The van der Waals surface area contributed by atoms with Gasteiger partial charge in [0.05, 0.1) is 20.6 Å². The van der Waals surface area contributed by atoms with Crippen molar-refractivity contribution in [3.8, 4) is 11.5 Å². The number of nitrogens with zero attached hydrogens (tertiary/aromatic N) is 1. The molecule has 0 fully saturated rings. The third-order valence-electron chi connectivity index (χ3n) is 4.23. The molecule has 0 saturated heterocycles. The molecule has 0 radical (unpaired) electrons. The first-order chi connectivity index (χ1) is 12.5. The Kier molecular flexibility index (Phi) is 7.33. The van der Waals surface area contributed by atoms with Crippen LogP contribution in [0.3, 0.4) is 0 Å². The summed E-state index contributed by atoms with van der Waals surface area (Å²) in [6.07, 6.45) is 2.20. The van der Waals surface area contributed by atoms with Gasteiger partial charge in [-0.15, -0.1) is 0 Å². The molecule has 0 spiro atoms. The number of methoxy groups -OCH3 is 2. The van der Waals surface area contributed by atoms with Crippen LogP contribution >= 0.6 is 0 Å². The second-order valence-corrected chi connectivity index (χ2v) is 6.38. The quantitative estimate of drug-likeness (QED) is 0.702. The molecule has 2 aromatic carbocycles. The van der Waals surface area contributed by atoms with Crippen molar-refractivity contribution >= 4 is 11.6 Å². The fraction of sp³-hybridized carbons (Fsp3) is 0.381. The summed E-state index contributed by atoms with van der Waals surface area (Å²) in [4.78, 5) is 14.2. The molecule has 0 saturated carbocycles. The maximum atomic E-state index is 12.1. The zero-order valence-corrected chi connectivity index (χ0v) is 16.0. The van der Waals surface area contributed by atoms with E-state index in [1.165, 1.54) is 11.3 Å². The molecule has 0 heterocycles. The summed E-state index contributed by atoms with van der Waals surface area (Å²) in [5.41, 5.74) is 3.38. The summed E-state index contributed by atoms with van der Waals surface area (Å²) in [6, 6.07) is 14.0. The lowest BCUT2D eigenvalue weighted by atomic mass is 10.1. The first-order valence-electron chi connectivity index (χ1n) is 8.77. The van der Waals surface area contributed by atoms with E-state index >= 15 is 0 Å². The molecule has 5 nitrogen and oxygen atoms in total. The molecule has 1 N–H and O–H groups in total. The molecule has 2 rings (SSSR count). The first kappa shape index (κ1) is 19.6. The van der Waals surface area contributed by atoms with Gasteiger partial charge in [-0.1, -0.05) is 18.2 Å². The van der Waals surface area contributed by atoms with E-state index in [1.54, 1.807) is 14.2 Å². The van der Waals surface area contributed by atoms with Crippen LogP contribution in [0.4, 0.5) is 5.69 Å². The van der Waals surface area contributed by atoms with Gasteiger partial charge in [0.2, 0.25) is 5.91 Å². The smallest absolute Gasteiger partial charge is 0.224 e. The largest absolute Gasteiger partial charge is 0.493 e. The van der Waals surface area contributed by atoms with Gasteiger partial charge in [-0.05, 0) is 48.2 Å². The number of anilines is 1. The number of benzene rings is 2. The SMILES string of the molecule is COc1ccc(CC(=O)NCCCc2ccc(N(C)C)cc2)cc1OC. The van der Waals surface area contributed by atoms with Crippen LogP contribution in [0.5, 0.6) is 11.5 Å². The van der Waals surface area contributed by atoms with Crippen LogP contribution in [0, 0.1) is 0 Å². The summed E-state index contributed by atoms with van der Waals surface area (Å²) < 4.78 is 10.5. The Bertz CT molecular complexity index is 712. The number of amides is 1. The van der Waals surface area contributed by atoms with E-state index in [0.717, 1.165) is 18.4 Å². The number of aryl methyl sites for hydroxylation is 1. The second-order valence-electron chi connectivity index (χ2n) is 6.38. The minimum absolute atomic E-state index is 0.0141. The van der Waals surface area contributed by atoms with Gasteiger partial charge < -0.3 is 19.7 Å². The van der Waals surface area contributed by atoms with Gasteiger partial charge in [0.1, 0.15) is 0 Å². The molecule has 5 heteroatoms. The minimum Gasteiger partial charge on any atom is -0.493 e. The number of carbonyl (C=O) groups excluding carboxylic acids is 1. The Morgan fingerprint density at radius 3 is 2.23 bits per heavy atom. The highest BCUT2D eigenvalue weighted by Crippen LogP contribution is 2.27. The van der Waals surface area contributed by atoms with Crippen molar-refractivity contribution < 1.29 is 14.3 Å². The molecule has 1 amide bonds. The summed E-state index contributed by atoms with van der Waals surface area (Å²) >= 11 is 0. The average molecular weight is 356 g/mol. The highest BCUT2D eigenvalue weighted by atomic mass is 16.5. The van der Waals surface area contributed by atoms with Gasteiger partial charge >= 0.3 is 0 Å². The summed E-state index contributed by atoms with van der Waals surface area (Å²) in [5.74, 6) is 1.32. The van der Waals surface area contributed by atoms with E-state index in [1.807, 2.05) is 32.3 Å². The highest BCUT2D eigenvalue weighted by Gasteiger charge is 2.08. The number of nitrogens with one attached hydrogen (secondary N) is 1. The minimum atomic E-state index is 0.0141. The summed E-state index contributed by atoms with van der Waals surface area (Å²) in [7, 11) is 7.25. The van der Waals surface area contributed by atoms with E-state index in [-0.39, 0.29) is 5.91 Å². The Morgan fingerprint density at radius 2 is 1.62 bits per heavy atom. The molecular formula is C21H28N2O3. The van der Waals surface area contributed by atoms with Gasteiger partial charge in [0.15, 0.2) is 11.5 Å². The van der Waals surface area contributed by atoms with Crippen molar-refractivity contribution in [2.75, 3.05) is 39.8 Å². The van der Waals surface area contributed by atoms with Crippen LogP contribution in [0.25, 0.3) is 0 Å². The fourth-order valence-corrected chi connectivity index (χ4v) is 2.72. The van der Waals surface area contributed by atoms with E-state index in [4.69, 9.17) is 9.47 Å². The zero-order chi connectivity index (χ0) is 18.9. The van der Waals surface area contributed by atoms with Gasteiger partial charge in [-0.2, -0.15) is 0 Å². The number of rotatable bonds is 9. The van der Waals surface area contributed by atoms with E-state index in [2.05, 4.69) is 34.5 Å². The number of ether oxygens (including phenoxy) is 2. The summed E-state index contributed by atoms with van der Waals surface area (Å²) in [5, 5.41) is 2.98. The number of hydrogen-bond donors (Lipinski definition) is 1. The third-order valence-corrected chi connectivity index (χ3v) is 4.23. The zero-order valence-electron chi connectivity index (χ0n) is 16.0. The van der Waals surface area contributed by atoms with Crippen LogP contribution in [0.2, 0.25) is 0 Å². The average Bonchev–Trinajstić information content (AvgIpc) is 2.65. The third kappa shape index (κ3) is 5.69. The van der Waals surface area contributed by atoms with Gasteiger partial charge in [-0.3, -0.25) is 4.79 Å². The van der Waals surface area contributed by atoms with Crippen molar-refractivity contribution in [1.29, 1.82) is 0 Å². The number of carbonyl (C=O) groups is 1. The van der Waals surface area contributed by atoms with Gasteiger partial charge in [-0.25, -0.2) is 0 Å². The molecule has 0 bridgehead atoms. The molecule has 0 unspecified atom stereocenters. The molecule has 140 valence electrons. The van der Waals surface area contributed by atoms with Crippen molar-refractivity contribution in [3.05, 3.63) is 53.6 Å². The maximum absolute atomic E-state index is 12.1. The molecule has 0 aromatic heterocycles. The predicted octanol–water partition coefficient (Wildman–Crippen LogP) is 3.06. The predicted molar refractivity (Wildman–Crippen MR) is 105 cm³/mol. The number of hydrogen-bond acceptors (Lipinski definition) is 4. The Hall–Kier alpha value is -2.69. The lowest BCUT2D eigenvalue weighted by Gasteiger charge is -2.12. The molecule has 0 aliphatic heterocycles. The van der Waals surface area contributed by atoms with Crippen LogP contribution in [-0.4, -0.2) is 40.8 Å². The molecule has 2 aromatic rings. The Morgan fingerprint density at radius 1 is 0.962 bits per heavy atom. The molecule has 0 aliphatic rings. The topological polar surface area (TPSA) is 50.8 Å². The van der Waals surface area contributed by atoms with Crippen molar-refractivity contribution in [2.24, 2.45) is 0 Å². The van der Waals surface area contributed by atoms with Crippen LogP contribution in [0.1, 0.15) is 17.5 Å². The lowest BCUT2D eigenvalue weighted by molar-refractivity contribution is -0.120. The molecule has 26 heavy (non-hydrogen) atoms. The monoisotopic (exact) mass is 356 g/mol. The standard InChI is InChI=1S/C21H28N2O3/c1-23(2)18-10-7-16(8-11-18)6-5-13-22-21(24)15-17-9-12-19(25-3)20(14-17)26-4/h7-12,14H,5-6,13,15H2,1-4H3,(H,22,24). The summed E-state index contributed by atoms with van der Waals surface area (Å²) in [6.45, 7) is 0.668. The van der Waals surface area contributed by atoms with Gasteiger partial charge in [0.25, 0.3) is 0 Å². The maximum Gasteiger partial charge on any atom is 0.224 e. The molecule has 0 aliphatic carbocycles. The molecular weight excluding hydrogens is 328 g/mol. The van der Waals surface area contributed by atoms with Crippen molar-refractivity contribution in [2.45, 2.75) is 19.3 Å². The second kappa shape index (κ2) is 9.70. The van der Waals surface area contributed by atoms with Crippen LogP contribution < -0.4 is 19.7 Å². The molecule has 0 atom stereocenters. The Labute approximate surface area is 155 Å². The van der Waals surface area contributed by atoms with E-state index in [9.17, 15) is 4.79 Å². The highest BCUT2D eigenvalue weighted by molar-refractivity contribution is 5.78. The van der Waals surface area contributed by atoms with Crippen molar-refractivity contribution in [1.82, 2.24) is 5.32 Å². The van der Waals surface area contributed by atoms with Crippen LogP contribution in [-0.2, 0) is 17.6 Å².